The minimum atomic E-state index is -0.640. The van der Waals surface area contributed by atoms with Crippen LogP contribution in [0.4, 0.5) is 5.69 Å². The first-order valence-corrected chi connectivity index (χ1v) is 8.22. The quantitative estimate of drug-likeness (QED) is 0.724. The van der Waals surface area contributed by atoms with E-state index in [1.807, 2.05) is 24.3 Å². The van der Waals surface area contributed by atoms with Crippen LogP contribution in [0, 0.1) is 0 Å². The molecule has 132 valence electrons. The highest BCUT2D eigenvalue weighted by Crippen LogP contribution is 2.27. The molecule has 6 heteroatoms. The fraction of sp³-hybridized carbons (Fsp3) is 0.263. The number of ether oxygens (including phenoxy) is 2. The fourth-order valence-corrected chi connectivity index (χ4v) is 2.49. The molecular formula is C19H20ClNO4. The molecule has 0 heterocycles. The van der Waals surface area contributed by atoms with E-state index >= 15 is 0 Å². The molecule has 0 unspecified atom stereocenters. The van der Waals surface area contributed by atoms with E-state index in [2.05, 4.69) is 5.32 Å². The van der Waals surface area contributed by atoms with Crippen LogP contribution < -0.4 is 14.8 Å². The van der Waals surface area contributed by atoms with Gasteiger partial charge in [-0.3, -0.25) is 9.59 Å². The smallest absolute Gasteiger partial charge is 0.291 e. The summed E-state index contributed by atoms with van der Waals surface area (Å²) in [5, 5.41) is 3.00. The Bertz CT molecular complexity index is 744. The van der Waals surface area contributed by atoms with Crippen LogP contribution in [0.5, 0.6) is 11.5 Å². The average Bonchev–Trinajstić information content (AvgIpc) is 2.63. The minimum Gasteiger partial charge on any atom is -0.497 e. The van der Waals surface area contributed by atoms with Gasteiger partial charge in [0.1, 0.15) is 11.5 Å². The normalized spacial score (nSPS) is 10.2. The highest BCUT2D eigenvalue weighted by molar-refractivity contribution is 6.40. The molecule has 2 rings (SSSR count). The number of aryl methyl sites for hydroxylation is 1. The van der Waals surface area contributed by atoms with Crippen LogP contribution in [0.2, 0.25) is 5.02 Å². The SMILES string of the molecule is COc1ccc(CCCC(=O)C(=O)Nc2ccc(Cl)c(OC)c2)cc1. The van der Waals surface area contributed by atoms with E-state index < -0.39 is 11.7 Å². The van der Waals surface area contributed by atoms with Gasteiger partial charge >= 0.3 is 0 Å². The number of methoxy groups -OCH3 is 2. The maximum absolute atomic E-state index is 12.0. The first-order chi connectivity index (χ1) is 12.0. The van der Waals surface area contributed by atoms with E-state index in [-0.39, 0.29) is 6.42 Å². The van der Waals surface area contributed by atoms with Gasteiger partial charge in [0, 0.05) is 18.2 Å². The summed E-state index contributed by atoms with van der Waals surface area (Å²) in [6, 6.07) is 12.4. The van der Waals surface area contributed by atoms with Crippen molar-refractivity contribution in [1.29, 1.82) is 0 Å². The monoisotopic (exact) mass is 361 g/mol. The van der Waals surface area contributed by atoms with Crippen LogP contribution in [0.1, 0.15) is 18.4 Å². The Kier molecular flexibility index (Phi) is 6.83. The number of Topliss-reactive ketones (excluding diaryl/α,β-unsaturated/α-hetero) is 1. The fourth-order valence-electron chi connectivity index (χ4n) is 2.30. The molecule has 0 radical (unpaired) electrons. The lowest BCUT2D eigenvalue weighted by atomic mass is 10.1. The Morgan fingerprint density at radius 3 is 2.40 bits per heavy atom. The Morgan fingerprint density at radius 2 is 1.76 bits per heavy atom. The van der Waals surface area contributed by atoms with Gasteiger partial charge in [-0.1, -0.05) is 23.7 Å². The van der Waals surface area contributed by atoms with Crippen molar-refractivity contribution >= 4 is 29.0 Å². The van der Waals surface area contributed by atoms with E-state index in [1.54, 1.807) is 25.3 Å². The van der Waals surface area contributed by atoms with Crippen LogP contribution >= 0.6 is 11.6 Å². The van der Waals surface area contributed by atoms with Crippen molar-refractivity contribution in [3.63, 3.8) is 0 Å². The summed E-state index contributed by atoms with van der Waals surface area (Å²) in [4.78, 5) is 23.9. The van der Waals surface area contributed by atoms with E-state index in [1.165, 1.54) is 7.11 Å². The van der Waals surface area contributed by atoms with Crippen molar-refractivity contribution in [3.05, 3.63) is 53.1 Å². The molecule has 0 saturated heterocycles. The average molecular weight is 362 g/mol. The Labute approximate surface area is 151 Å². The summed E-state index contributed by atoms with van der Waals surface area (Å²) in [6.07, 6.45) is 1.50. The van der Waals surface area contributed by atoms with Gasteiger partial charge in [0.15, 0.2) is 0 Å². The molecule has 1 amide bonds. The number of rotatable bonds is 8. The Balaban J connectivity index is 1.82. The topological polar surface area (TPSA) is 64.6 Å². The van der Waals surface area contributed by atoms with Crippen LogP contribution in [0.15, 0.2) is 42.5 Å². The summed E-state index contributed by atoms with van der Waals surface area (Å²) < 4.78 is 10.2. The third-order valence-electron chi connectivity index (χ3n) is 3.69. The van der Waals surface area contributed by atoms with Gasteiger partial charge in [0.2, 0.25) is 5.78 Å². The van der Waals surface area contributed by atoms with Gasteiger partial charge in [-0.25, -0.2) is 0 Å². The van der Waals surface area contributed by atoms with Crippen molar-refractivity contribution in [2.45, 2.75) is 19.3 Å². The second kappa shape index (κ2) is 9.08. The summed E-state index contributed by atoms with van der Waals surface area (Å²) in [7, 11) is 3.10. The lowest BCUT2D eigenvalue weighted by Crippen LogP contribution is -2.22. The number of nitrogens with one attached hydrogen (secondary N) is 1. The van der Waals surface area contributed by atoms with Crippen molar-refractivity contribution < 1.29 is 19.1 Å². The van der Waals surface area contributed by atoms with Crippen LogP contribution in [0.25, 0.3) is 0 Å². The highest BCUT2D eigenvalue weighted by Gasteiger charge is 2.14. The summed E-state index contributed by atoms with van der Waals surface area (Å²) in [5.41, 5.74) is 1.56. The zero-order chi connectivity index (χ0) is 18.2. The van der Waals surface area contributed by atoms with E-state index in [9.17, 15) is 9.59 Å². The summed E-state index contributed by atoms with van der Waals surface area (Å²) in [5.74, 6) is 0.130. The number of hydrogen-bond acceptors (Lipinski definition) is 4. The first kappa shape index (κ1) is 18.8. The van der Waals surface area contributed by atoms with Crippen molar-refractivity contribution in [2.75, 3.05) is 19.5 Å². The molecule has 5 nitrogen and oxygen atoms in total. The third-order valence-corrected chi connectivity index (χ3v) is 4.00. The second-order valence-electron chi connectivity index (χ2n) is 5.43. The molecule has 0 bridgehead atoms. The third kappa shape index (κ3) is 5.50. The molecule has 0 fully saturated rings. The number of carbonyl (C=O) groups is 2. The van der Waals surface area contributed by atoms with Crippen molar-refractivity contribution in [3.8, 4) is 11.5 Å². The number of amides is 1. The molecular weight excluding hydrogens is 342 g/mol. The largest absolute Gasteiger partial charge is 0.497 e. The van der Waals surface area contributed by atoms with Gasteiger partial charge in [0.25, 0.3) is 5.91 Å². The molecule has 0 aliphatic carbocycles. The maximum Gasteiger partial charge on any atom is 0.291 e. The van der Waals surface area contributed by atoms with Crippen LogP contribution in [-0.4, -0.2) is 25.9 Å². The second-order valence-corrected chi connectivity index (χ2v) is 5.84. The predicted molar refractivity (Wildman–Crippen MR) is 97.6 cm³/mol. The number of halogens is 1. The zero-order valence-corrected chi connectivity index (χ0v) is 14.9. The van der Waals surface area contributed by atoms with Gasteiger partial charge in [-0.15, -0.1) is 0 Å². The van der Waals surface area contributed by atoms with Crippen LogP contribution in [-0.2, 0) is 16.0 Å². The van der Waals surface area contributed by atoms with Crippen molar-refractivity contribution in [2.24, 2.45) is 0 Å². The number of anilines is 1. The van der Waals surface area contributed by atoms with Gasteiger partial charge in [0.05, 0.1) is 19.2 Å². The predicted octanol–water partition coefficient (Wildman–Crippen LogP) is 3.89. The molecule has 2 aromatic carbocycles. The van der Waals surface area contributed by atoms with Gasteiger partial charge in [-0.05, 0) is 42.7 Å². The molecule has 1 N–H and O–H groups in total. The molecule has 25 heavy (non-hydrogen) atoms. The summed E-state index contributed by atoms with van der Waals surface area (Å²) >= 11 is 5.93. The van der Waals surface area contributed by atoms with Gasteiger partial charge in [-0.2, -0.15) is 0 Å². The molecule has 2 aromatic rings. The highest BCUT2D eigenvalue weighted by atomic mass is 35.5. The maximum atomic E-state index is 12.0. The minimum absolute atomic E-state index is 0.183. The number of hydrogen-bond donors (Lipinski definition) is 1. The molecule has 0 aromatic heterocycles. The van der Waals surface area contributed by atoms with Crippen LogP contribution in [0.3, 0.4) is 0 Å². The zero-order valence-electron chi connectivity index (χ0n) is 14.2. The standard InChI is InChI=1S/C19H20ClNO4/c1-24-15-9-6-13(7-10-15)4-3-5-17(22)19(23)21-14-8-11-16(20)18(12-14)25-2/h6-12H,3-5H2,1-2H3,(H,21,23). The van der Waals surface area contributed by atoms with E-state index in [0.717, 1.165) is 17.7 Å². The lowest BCUT2D eigenvalue weighted by Gasteiger charge is -2.08. The van der Waals surface area contributed by atoms with E-state index in [4.69, 9.17) is 21.1 Å². The Hall–Kier alpha value is -2.53. The van der Waals surface area contributed by atoms with Crippen molar-refractivity contribution in [1.82, 2.24) is 0 Å². The number of benzene rings is 2. The molecule has 0 aliphatic rings. The Morgan fingerprint density at radius 1 is 1.04 bits per heavy atom. The van der Waals surface area contributed by atoms with Gasteiger partial charge < -0.3 is 14.8 Å². The van der Waals surface area contributed by atoms with E-state index in [0.29, 0.717) is 22.9 Å². The number of carbonyl (C=O) groups excluding carboxylic acids is 2. The molecule has 0 saturated carbocycles. The lowest BCUT2D eigenvalue weighted by molar-refractivity contribution is -0.134. The molecule has 0 atom stereocenters. The first-order valence-electron chi connectivity index (χ1n) is 7.84. The summed E-state index contributed by atoms with van der Waals surface area (Å²) in [6.45, 7) is 0. The number of ketones is 1. The molecule has 0 spiro atoms. The molecule has 0 aliphatic heterocycles.